The molecule has 3 amide bonds. The summed E-state index contributed by atoms with van der Waals surface area (Å²) >= 11 is 0. The summed E-state index contributed by atoms with van der Waals surface area (Å²) < 4.78 is 6.46. The fourth-order valence-corrected chi connectivity index (χ4v) is 2.61. The van der Waals surface area contributed by atoms with Crippen molar-refractivity contribution in [2.75, 3.05) is 19.0 Å². The Bertz CT molecular complexity index is 947. The van der Waals surface area contributed by atoms with Gasteiger partial charge in [0.2, 0.25) is 0 Å². The van der Waals surface area contributed by atoms with Crippen LogP contribution < -0.4 is 5.32 Å². The molecular weight excluding hydrogens is 340 g/mol. The van der Waals surface area contributed by atoms with Gasteiger partial charge in [0.1, 0.15) is 5.82 Å². The number of carbonyl (C=O) groups excluding carboxylic acids is 4. The molecule has 0 spiro atoms. The summed E-state index contributed by atoms with van der Waals surface area (Å²) in [5, 5.41) is 6.67. The van der Waals surface area contributed by atoms with Crippen molar-refractivity contribution < 1.29 is 23.9 Å². The Morgan fingerprint density at radius 3 is 2.46 bits per heavy atom. The molecule has 2 heterocycles. The van der Waals surface area contributed by atoms with Crippen LogP contribution >= 0.6 is 0 Å². The molecule has 0 saturated heterocycles. The third-order valence-electron chi connectivity index (χ3n) is 3.93. The van der Waals surface area contributed by atoms with E-state index in [9.17, 15) is 19.2 Å². The van der Waals surface area contributed by atoms with Gasteiger partial charge in [-0.15, -0.1) is 0 Å². The lowest BCUT2D eigenvalue weighted by Crippen LogP contribution is -2.24. The first-order chi connectivity index (χ1) is 12.3. The Morgan fingerprint density at radius 2 is 1.81 bits per heavy atom. The highest BCUT2D eigenvalue weighted by atomic mass is 16.5. The highest BCUT2D eigenvalue weighted by molar-refractivity contribution is 6.21. The smallest absolute Gasteiger partial charge is 0.338 e. The van der Waals surface area contributed by atoms with Crippen LogP contribution in [0, 0.1) is 6.92 Å². The zero-order valence-electron chi connectivity index (χ0n) is 14.4. The molecule has 0 unspecified atom stereocenters. The number of fused-ring (bicyclic) bond motifs is 1. The molecule has 0 aliphatic carbocycles. The number of benzene rings is 1. The minimum absolute atomic E-state index is 0.0874. The van der Waals surface area contributed by atoms with Gasteiger partial charge in [-0.25, -0.2) is 4.79 Å². The van der Waals surface area contributed by atoms with Crippen LogP contribution in [0.2, 0.25) is 0 Å². The maximum atomic E-state index is 12.1. The summed E-state index contributed by atoms with van der Waals surface area (Å²) in [5.41, 5.74) is 1.20. The second-order valence-electron chi connectivity index (χ2n) is 5.85. The van der Waals surface area contributed by atoms with Gasteiger partial charge >= 0.3 is 5.97 Å². The summed E-state index contributed by atoms with van der Waals surface area (Å²) in [7, 11) is 3.04. The van der Waals surface area contributed by atoms with E-state index >= 15 is 0 Å². The number of ether oxygens (including phenoxy) is 1. The molecule has 1 aliphatic heterocycles. The Morgan fingerprint density at radius 1 is 1.12 bits per heavy atom. The highest BCUT2D eigenvalue weighted by Crippen LogP contribution is 2.23. The van der Waals surface area contributed by atoms with Gasteiger partial charge in [0.05, 0.1) is 22.4 Å². The fourth-order valence-electron chi connectivity index (χ4n) is 2.61. The van der Waals surface area contributed by atoms with Crippen LogP contribution in [0.5, 0.6) is 0 Å². The standard InChI is InChI=1S/C17H16N4O5/c1-9-6-13(21(3)19-9)18-14(22)8-26-17(25)10-4-5-11-12(7-10)16(24)20(2)15(11)23/h4-7H,8H2,1-3H3,(H,18,22). The second-order valence-corrected chi connectivity index (χ2v) is 5.85. The topological polar surface area (TPSA) is 111 Å². The Labute approximate surface area is 148 Å². The molecule has 9 heteroatoms. The van der Waals surface area contributed by atoms with E-state index in [1.54, 1.807) is 20.0 Å². The normalized spacial score (nSPS) is 13.0. The van der Waals surface area contributed by atoms with Crippen molar-refractivity contribution in [3.63, 3.8) is 0 Å². The van der Waals surface area contributed by atoms with E-state index in [1.165, 1.54) is 29.9 Å². The predicted molar refractivity (Wildman–Crippen MR) is 89.7 cm³/mol. The van der Waals surface area contributed by atoms with E-state index in [-0.39, 0.29) is 16.7 Å². The van der Waals surface area contributed by atoms with Gasteiger partial charge in [0.25, 0.3) is 17.7 Å². The van der Waals surface area contributed by atoms with Gasteiger partial charge in [-0.2, -0.15) is 5.10 Å². The lowest BCUT2D eigenvalue weighted by molar-refractivity contribution is -0.119. The molecule has 0 saturated carbocycles. The Hall–Kier alpha value is -3.49. The quantitative estimate of drug-likeness (QED) is 0.639. The fraction of sp³-hybridized carbons (Fsp3) is 0.235. The van der Waals surface area contributed by atoms with Crippen molar-refractivity contribution in [2.45, 2.75) is 6.92 Å². The van der Waals surface area contributed by atoms with Crippen LogP contribution in [-0.4, -0.2) is 52.0 Å². The van der Waals surface area contributed by atoms with Gasteiger partial charge in [0, 0.05) is 20.2 Å². The number of anilines is 1. The molecule has 9 nitrogen and oxygen atoms in total. The van der Waals surface area contributed by atoms with Crippen LogP contribution in [-0.2, 0) is 16.6 Å². The monoisotopic (exact) mass is 356 g/mol. The lowest BCUT2D eigenvalue weighted by atomic mass is 10.1. The molecule has 3 rings (SSSR count). The average Bonchev–Trinajstić information content (AvgIpc) is 3.03. The number of hydrogen-bond acceptors (Lipinski definition) is 6. The number of aromatic nitrogens is 2. The van der Waals surface area contributed by atoms with Crippen LogP contribution in [0.1, 0.15) is 36.8 Å². The summed E-state index contributed by atoms with van der Waals surface area (Å²) in [4.78, 5) is 48.8. The first-order valence-corrected chi connectivity index (χ1v) is 7.72. The Balaban J connectivity index is 1.64. The maximum absolute atomic E-state index is 12.1. The van der Waals surface area contributed by atoms with E-state index in [1.807, 2.05) is 0 Å². The molecule has 2 aromatic rings. The SMILES string of the molecule is Cc1cc(NC(=O)COC(=O)c2ccc3c(c2)C(=O)N(C)C3=O)n(C)n1. The average molecular weight is 356 g/mol. The molecule has 1 aromatic carbocycles. The zero-order chi connectivity index (χ0) is 19.0. The number of esters is 1. The zero-order valence-corrected chi connectivity index (χ0v) is 14.4. The van der Waals surface area contributed by atoms with Crippen molar-refractivity contribution in [1.82, 2.24) is 14.7 Å². The van der Waals surface area contributed by atoms with Crippen molar-refractivity contribution in [3.05, 3.63) is 46.6 Å². The minimum Gasteiger partial charge on any atom is -0.452 e. The molecule has 134 valence electrons. The molecular formula is C17H16N4O5. The first-order valence-electron chi connectivity index (χ1n) is 7.72. The predicted octanol–water partition coefficient (Wildman–Crippen LogP) is 0.750. The van der Waals surface area contributed by atoms with Crippen molar-refractivity contribution in [3.8, 4) is 0 Å². The highest BCUT2D eigenvalue weighted by Gasteiger charge is 2.33. The van der Waals surface area contributed by atoms with Crippen LogP contribution in [0.25, 0.3) is 0 Å². The van der Waals surface area contributed by atoms with E-state index < -0.39 is 30.3 Å². The van der Waals surface area contributed by atoms with Crippen LogP contribution in [0.4, 0.5) is 5.82 Å². The molecule has 26 heavy (non-hydrogen) atoms. The maximum Gasteiger partial charge on any atom is 0.338 e. The van der Waals surface area contributed by atoms with E-state index in [0.717, 1.165) is 10.6 Å². The van der Waals surface area contributed by atoms with Gasteiger partial charge in [-0.1, -0.05) is 0 Å². The molecule has 1 aliphatic rings. The molecule has 0 atom stereocenters. The van der Waals surface area contributed by atoms with Gasteiger partial charge in [-0.3, -0.25) is 24.0 Å². The molecule has 0 bridgehead atoms. The van der Waals surface area contributed by atoms with Crippen molar-refractivity contribution >= 4 is 29.5 Å². The third-order valence-corrected chi connectivity index (χ3v) is 3.93. The van der Waals surface area contributed by atoms with Gasteiger partial charge in [0.15, 0.2) is 6.61 Å². The second kappa shape index (κ2) is 6.43. The van der Waals surface area contributed by atoms with Crippen molar-refractivity contribution in [2.24, 2.45) is 7.05 Å². The van der Waals surface area contributed by atoms with Gasteiger partial charge < -0.3 is 10.1 Å². The third kappa shape index (κ3) is 3.06. The van der Waals surface area contributed by atoms with Crippen LogP contribution in [0.15, 0.2) is 24.3 Å². The number of aryl methyl sites for hydroxylation is 2. The van der Waals surface area contributed by atoms with E-state index in [0.29, 0.717) is 5.82 Å². The van der Waals surface area contributed by atoms with Crippen molar-refractivity contribution in [1.29, 1.82) is 0 Å². The largest absolute Gasteiger partial charge is 0.452 e. The number of rotatable bonds is 4. The molecule has 0 fully saturated rings. The molecule has 1 aromatic heterocycles. The number of nitrogens with one attached hydrogen (secondary N) is 1. The summed E-state index contributed by atoms with van der Waals surface area (Å²) in [5.74, 6) is -1.71. The first kappa shape index (κ1) is 17.3. The number of nitrogens with zero attached hydrogens (tertiary/aromatic N) is 3. The summed E-state index contributed by atoms with van der Waals surface area (Å²) in [6, 6.07) is 5.76. The summed E-state index contributed by atoms with van der Waals surface area (Å²) in [6.07, 6.45) is 0. The molecule has 0 radical (unpaired) electrons. The Kier molecular flexibility index (Phi) is 4.29. The van der Waals surface area contributed by atoms with Crippen LogP contribution in [0.3, 0.4) is 0 Å². The summed E-state index contributed by atoms with van der Waals surface area (Å²) in [6.45, 7) is 1.29. The lowest BCUT2D eigenvalue weighted by Gasteiger charge is -2.07. The molecule has 1 N–H and O–H groups in total. The van der Waals surface area contributed by atoms with E-state index in [4.69, 9.17) is 4.74 Å². The number of hydrogen-bond donors (Lipinski definition) is 1. The number of amides is 3. The van der Waals surface area contributed by atoms with Gasteiger partial charge in [-0.05, 0) is 25.1 Å². The minimum atomic E-state index is -0.765. The number of imide groups is 1. The van der Waals surface area contributed by atoms with E-state index in [2.05, 4.69) is 10.4 Å². The number of carbonyl (C=O) groups is 4.